The van der Waals surface area contributed by atoms with E-state index in [0.29, 0.717) is 0 Å². The molecule has 0 heteroatoms. The highest BCUT2D eigenvalue weighted by atomic mass is 14.3. The molecule has 1 saturated carbocycles. The lowest BCUT2D eigenvalue weighted by Gasteiger charge is -2.28. The van der Waals surface area contributed by atoms with E-state index in [1.165, 1.54) is 78.3 Å². The predicted octanol–water partition coefficient (Wildman–Crippen LogP) is 7.43. The fourth-order valence-electron chi connectivity index (χ4n) is 4.50. The lowest BCUT2D eigenvalue weighted by molar-refractivity contribution is 0.261. The van der Waals surface area contributed by atoms with Crippen LogP contribution in [-0.2, 0) is 6.42 Å². The lowest BCUT2D eigenvalue weighted by Crippen LogP contribution is -2.16. The average Bonchev–Trinajstić information content (AvgIpc) is 2.62. The van der Waals surface area contributed by atoms with Gasteiger partial charge in [0.15, 0.2) is 0 Å². The van der Waals surface area contributed by atoms with E-state index in [1.54, 1.807) is 0 Å². The monoisotopic (exact) mass is 334 g/mol. The van der Waals surface area contributed by atoms with Crippen LogP contribution >= 0.6 is 0 Å². The summed E-state index contributed by atoms with van der Waals surface area (Å²) in [6.07, 6.45) is 9.85. The average molecular weight is 335 g/mol. The highest BCUT2D eigenvalue weighted by Crippen LogP contribution is 2.33. The van der Waals surface area contributed by atoms with Crippen molar-refractivity contribution in [1.82, 2.24) is 0 Å². The molecule has 1 aliphatic rings. The van der Waals surface area contributed by atoms with Gasteiger partial charge in [0.2, 0.25) is 0 Å². The molecular weight excluding hydrogens is 300 g/mol. The molecule has 1 fully saturated rings. The highest BCUT2D eigenvalue weighted by Gasteiger charge is 2.20. The highest BCUT2D eigenvalue weighted by molar-refractivity contribution is 5.66. The molecule has 0 atom stereocenters. The maximum atomic E-state index is 2.36. The van der Waals surface area contributed by atoms with Gasteiger partial charge in [-0.05, 0) is 85.3 Å². The first-order chi connectivity index (χ1) is 12.1. The third-order valence-corrected chi connectivity index (χ3v) is 6.40. The van der Waals surface area contributed by atoms with E-state index in [2.05, 4.69) is 64.1 Å². The Bertz CT molecular complexity index is 661. The molecule has 0 saturated heterocycles. The molecule has 2 aromatic rings. The minimum atomic E-state index is 0.905. The predicted molar refractivity (Wildman–Crippen MR) is 110 cm³/mol. The summed E-state index contributed by atoms with van der Waals surface area (Å²) in [6.45, 7) is 8.97. The second-order valence-electron chi connectivity index (χ2n) is 8.31. The van der Waals surface area contributed by atoms with Crippen LogP contribution in [0.5, 0.6) is 0 Å². The van der Waals surface area contributed by atoms with Crippen molar-refractivity contribution in [2.24, 2.45) is 11.8 Å². The van der Waals surface area contributed by atoms with E-state index >= 15 is 0 Å². The van der Waals surface area contributed by atoms with E-state index in [-0.39, 0.29) is 0 Å². The van der Waals surface area contributed by atoms with Crippen molar-refractivity contribution in [3.63, 3.8) is 0 Å². The molecule has 0 aliphatic heterocycles. The van der Waals surface area contributed by atoms with Crippen LogP contribution in [0.25, 0.3) is 11.1 Å². The van der Waals surface area contributed by atoms with Crippen LogP contribution in [0.3, 0.4) is 0 Å². The molecule has 134 valence electrons. The molecule has 1 aliphatic carbocycles. The van der Waals surface area contributed by atoms with Crippen LogP contribution in [0.2, 0.25) is 0 Å². The standard InChI is InChI=1S/C25H34/c1-5-6-21-7-9-22(10-8-21)17-23-11-13-24(14-12-23)25-15-18(2)20(4)19(3)16-25/h11-16,21-22H,5-10,17H2,1-4H3. The molecule has 0 spiro atoms. The maximum Gasteiger partial charge on any atom is -0.0179 e. The van der Waals surface area contributed by atoms with E-state index in [4.69, 9.17) is 0 Å². The van der Waals surface area contributed by atoms with Gasteiger partial charge < -0.3 is 0 Å². The normalized spacial score (nSPS) is 20.6. The molecule has 0 amide bonds. The topological polar surface area (TPSA) is 0 Å². The zero-order chi connectivity index (χ0) is 17.8. The molecule has 0 aromatic heterocycles. The molecule has 0 nitrogen and oxygen atoms in total. The fourth-order valence-corrected chi connectivity index (χ4v) is 4.50. The summed E-state index contributed by atoms with van der Waals surface area (Å²) in [4.78, 5) is 0. The summed E-state index contributed by atoms with van der Waals surface area (Å²) in [7, 11) is 0. The van der Waals surface area contributed by atoms with Crippen molar-refractivity contribution in [2.45, 2.75) is 72.6 Å². The van der Waals surface area contributed by atoms with Gasteiger partial charge in [-0.25, -0.2) is 0 Å². The molecule has 0 unspecified atom stereocenters. The SMILES string of the molecule is CCCC1CCC(Cc2ccc(-c3cc(C)c(C)c(C)c3)cc2)CC1. The smallest absolute Gasteiger partial charge is 0.0179 e. The molecule has 0 N–H and O–H groups in total. The zero-order valence-electron chi connectivity index (χ0n) is 16.6. The number of aryl methyl sites for hydroxylation is 2. The zero-order valence-corrected chi connectivity index (χ0v) is 16.6. The van der Waals surface area contributed by atoms with Crippen molar-refractivity contribution in [1.29, 1.82) is 0 Å². The van der Waals surface area contributed by atoms with E-state index in [1.807, 2.05) is 0 Å². The summed E-state index contributed by atoms with van der Waals surface area (Å²) in [5.74, 6) is 1.92. The van der Waals surface area contributed by atoms with Crippen molar-refractivity contribution in [3.05, 3.63) is 58.7 Å². The van der Waals surface area contributed by atoms with Crippen LogP contribution in [0.4, 0.5) is 0 Å². The lowest BCUT2D eigenvalue weighted by atomic mass is 9.78. The third kappa shape index (κ3) is 4.54. The first kappa shape index (κ1) is 18.2. The fraction of sp³-hybridized carbons (Fsp3) is 0.520. The van der Waals surface area contributed by atoms with E-state index < -0.39 is 0 Å². The Morgan fingerprint density at radius 3 is 1.88 bits per heavy atom. The molecule has 0 radical (unpaired) electrons. The maximum absolute atomic E-state index is 2.36. The van der Waals surface area contributed by atoms with E-state index in [9.17, 15) is 0 Å². The van der Waals surface area contributed by atoms with Crippen LogP contribution < -0.4 is 0 Å². The molecule has 0 heterocycles. The Balaban J connectivity index is 1.63. The summed E-state index contributed by atoms with van der Waals surface area (Å²) in [5, 5.41) is 0. The Labute approximate surface area is 154 Å². The summed E-state index contributed by atoms with van der Waals surface area (Å²) in [5.41, 5.74) is 8.42. The largest absolute Gasteiger partial charge is 0.0654 e. The summed E-state index contributed by atoms with van der Waals surface area (Å²) >= 11 is 0. The second kappa shape index (κ2) is 8.21. The second-order valence-corrected chi connectivity index (χ2v) is 8.31. The van der Waals surface area contributed by atoms with Crippen LogP contribution in [-0.4, -0.2) is 0 Å². The first-order valence-electron chi connectivity index (χ1n) is 10.2. The van der Waals surface area contributed by atoms with Crippen molar-refractivity contribution in [2.75, 3.05) is 0 Å². The molecule has 2 aromatic carbocycles. The quantitative estimate of drug-likeness (QED) is 0.533. The van der Waals surface area contributed by atoms with Crippen LogP contribution in [0.1, 0.15) is 67.7 Å². The molecule has 0 bridgehead atoms. The van der Waals surface area contributed by atoms with Gasteiger partial charge in [-0.3, -0.25) is 0 Å². The van der Waals surface area contributed by atoms with Gasteiger partial charge >= 0.3 is 0 Å². The minimum Gasteiger partial charge on any atom is -0.0654 e. The van der Waals surface area contributed by atoms with Crippen molar-refractivity contribution >= 4 is 0 Å². The molecule has 3 rings (SSSR count). The Morgan fingerprint density at radius 2 is 1.32 bits per heavy atom. The Hall–Kier alpha value is -1.56. The van der Waals surface area contributed by atoms with Crippen LogP contribution in [0.15, 0.2) is 36.4 Å². The third-order valence-electron chi connectivity index (χ3n) is 6.40. The molecular formula is C25H34. The number of hydrogen-bond donors (Lipinski definition) is 0. The van der Waals surface area contributed by atoms with Gasteiger partial charge in [-0.2, -0.15) is 0 Å². The molecule has 25 heavy (non-hydrogen) atoms. The first-order valence-corrected chi connectivity index (χ1v) is 10.2. The van der Waals surface area contributed by atoms with Gasteiger partial charge in [0.05, 0.1) is 0 Å². The van der Waals surface area contributed by atoms with Crippen LogP contribution in [0, 0.1) is 32.6 Å². The number of benzene rings is 2. The van der Waals surface area contributed by atoms with Crippen molar-refractivity contribution in [3.8, 4) is 11.1 Å². The van der Waals surface area contributed by atoms with Gasteiger partial charge in [0.25, 0.3) is 0 Å². The summed E-state index contributed by atoms with van der Waals surface area (Å²) < 4.78 is 0. The minimum absolute atomic E-state index is 0.905. The Morgan fingerprint density at radius 1 is 0.760 bits per heavy atom. The van der Waals surface area contributed by atoms with E-state index in [0.717, 1.165) is 11.8 Å². The van der Waals surface area contributed by atoms with Crippen molar-refractivity contribution < 1.29 is 0 Å². The Kier molecular flexibility index (Phi) is 5.99. The number of hydrogen-bond acceptors (Lipinski definition) is 0. The summed E-state index contributed by atoms with van der Waals surface area (Å²) in [6, 6.07) is 14.0. The van der Waals surface area contributed by atoms with Gasteiger partial charge in [-0.15, -0.1) is 0 Å². The number of rotatable bonds is 5. The van der Waals surface area contributed by atoms with Gasteiger partial charge in [0, 0.05) is 0 Å². The van der Waals surface area contributed by atoms with Gasteiger partial charge in [-0.1, -0.05) is 69.0 Å². The van der Waals surface area contributed by atoms with Gasteiger partial charge in [0.1, 0.15) is 0 Å².